The maximum Gasteiger partial charge on any atom is 0.450 e. The summed E-state index contributed by atoms with van der Waals surface area (Å²) >= 11 is 0. The molecule has 0 saturated heterocycles. The van der Waals surface area contributed by atoms with Gasteiger partial charge in [-0.1, -0.05) is 12.1 Å². The van der Waals surface area contributed by atoms with Crippen LogP contribution >= 0.6 is 0 Å². The first-order valence-corrected chi connectivity index (χ1v) is 5.86. The molecule has 0 aliphatic rings. The predicted molar refractivity (Wildman–Crippen MR) is 66.0 cm³/mol. The lowest BCUT2D eigenvalue weighted by molar-refractivity contribution is -0.319. The van der Waals surface area contributed by atoms with Crippen molar-refractivity contribution in [3.8, 4) is 0 Å². The van der Waals surface area contributed by atoms with E-state index in [4.69, 9.17) is 0 Å². The van der Waals surface area contributed by atoms with Crippen LogP contribution in [0.4, 0.5) is 23.2 Å². The third kappa shape index (κ3) is 3.59. The highest BCUT2D eigenvalue weighted by atomic mass is 19.4. The Morgan fingerprint density at radius 3 is 2.26 bits per heavy atom. The second-order valence-electron chi connectivity index (χ2n) is 4.28. The van der Waals surface area contributed by atoms with Crippen molar-refractivity contribution in [3.63, 3.8) is 0 Å². The van der Waals surface area contributed by atoms with E-state index in [0.29, 0.717) is 5.69 Å². The van der Waals surface area contributed by atoms with Crippen LogP contribution in [-0.2, 0) is 4.74 Å². The molecule has 0 radical (unpaired) electrons. The summed E-state index contributed by atoms with van der Waals surface area (Å²) < 4.78 is 55.9. The van der Waals surface area contributed by atoms with Gasteiger partial charge in [-0.3, -0.25) is 0 Å². The molecule has 0 bridgehead atoms. The molecule has 0 aliphatic carbocycles. The third-order valence-electron chi connectivity index (χ3n) is 2.89. The molecule has 2 nitrogen and oxygen atoms in total. The number of hydrogen-bond donors (Lipinski definition) is 0. The van der Waals surface area contributed by atoms with Gasteiger partial charge in [-0.2, -0.15) is 17.6 Å². The van der Waals surface area contributed by atoms with Gasteiger partial charge in [0.1, 0.15) is 0 Å². The lowest BCUT2D eigenvalue weighted by Crippen LogP contribution is -2.51. The van der Waals surface area contributed by atoms with E-state index < -0.39 is 18.6 Å². The van der Waals surface area contributed by atoms with Crippen LogP contribution in [0.25, 0.3) is 0 Å². The highest BCUT2D eigenvalue weighted by Gasteiger charge is 2.57. The van der Waals surface area contributed by atoms with E-state index in [9.17, 15) is 17.6 Å². The monoisotopic (exact) mass is 279 g/mol. The van der Waals surface area contributed by atoms with Gasteiger partial charge in [-0.05, 0) is 31.5 Å². The van der Waals surface area contributed by atoms with Gasteiger partial charge in [0, 0.05) is 19.3 Å². The Morgan fingerprint density at radius 2 is 1.84 bits per heavy atom. The van der Waals surface area contributed by atoms with Gasteiger partial charge in [-0.25, -0.2) is 0 Å². The van der Waals surface area contributed by atoms with Crippen molar-refractivity contribution in [1.29, 1.82) is 0 Å². The number of aryl methyl sites for hydroxylation is 1. The zero-order valence-corrected chi connectivity index (χ0v) is 11.1. The van der Waals surface area contributed by atoms with Gasteiger partial charge in [-0.15, -0.1) is 0 Å². The SMILES string of the molecule is CCN(CC(F)(OC)C(F)(F)F)c1cccc(C)c1. The number of nitrogens with zero attached hydrogens (tertiary/aromatic N) is 1. The quantitative estimate of drug-likeness (QED) is 0.762. The van der Waals surface area contributed by atoms with Crippen molar-refractivity contribution in [2.24, 2.45) is 0 Å². The topological polar surface area (TPSA) is 12.5 Å². The van der Waals surface area contributed by atoms with E-state index in [1.807, 2.05) is 13.0 Å². The summed E-state index contributed by atoms with van der Waals surface area (Å²) in [7, 11) is 0.720. The van der Waals surface area contributed by atoms with Gasteiger partial charge in [0.15, 0.2) is 0 Å². The second-order valence-corrected chi connectivity index (χ2v) is 4.28. The summed E-state index contributed by atoms with van der Waals surface area (Å²) in [6.07, 6.45) is -5.07. The normalized spacial score (nSPS) is 15.1. The average molecular weight is 279 g/mol. The van der Waals surface area contributed by atoms with Gasteiger partial charge < -0.3 is 9.64 Å². The fraction of sp³-hybridized carbons (Fsp3) is 0.538. The molecule has 6 heteroatoms. The smallest absolute Gasteiger partial charge is 0.366 e. The largest absolute Gasteiger partial charge is 0.450 e. The minimum atomic E-state index is -5.07. The zero-order valence-electron chi connectivity index (χ0n) is 11.1. The minimum Gasteiger partial charge on any atom is -0.366 e. The molecule has 0 amide bonds. The van der Waals surface area contributed by atoms with Crippen molar-refractivity contribution in [2.75, 3.05) is 25.1 Å². The number of likely N-dealkylation sites (N-methyl/N-ethyl adjacent to an activating group) is 1. The van der Waals surface area contributed by atoms with E-state index in [1.165, 1.54) is 4.90 Å². The molecule has 1 aromatic carbocycles. The second kappa shape index (κ2) is 5.77. The molecule has 0 N–H and O–H groups in total. The number of methoxy groups -OCH3 is 1. The lowest BCUT2D eigenvalue weighted by atomic mass is 10.2. The van der Waals surface area contributed by atoms with E-state index in [2.05, 4.69) is 4.74 Å². The Hall–Kier alpha value is -1.30. The van der Waals surface area contributed by atoms with Crippen LogP contribution in [0.5, 0.6) is 0 Å². The number of halogens is 4. The van der Waals surface area contributed by atoms with Crippen molar-refractivity contribution in [2.45, 2.75) is 25.9 Å². The van der Waals surface area contributed by atoms with Crippen LogP contribution in [0.3, 0.4) is 0 Å². The molecule has 0 saturated carbocycles. The minimum absolute atomic E-state index is 0.245. The first-order valence-electron chi connectivity index (χ1n) is 5.86. The standard InChI is InChI=1S/C13H17F4NO/c1-4-18(11-7-5-6-10(2)8-11)9-12(14,19-3)13(15,16)17/h5-8H,4,9H2,1-3H3. The van der Waals surface area contributed by atoms with Crippen molar-refractivity contribution < 1.29 is 22.3 Å². The van der Waals surface area contributed by atoms with Gasteiger partial charge in [0.25, 0.3) is 0 Å². The Morgan fingerprint density at radius 1 is 1.21 bits per heavy atom. The summed E-state index contributed by atoms with van der Waals surface area (Å²) in [4.78, 5) is 1.30. The fourth-order valence-corrected chi connectivity index (χ4v) is 1.73. The molecular formula is C13H17F4NO. The summed E-state index contributed by atoms with van der Waals surface area (Å²) in [6, 6.07) is 6.88. The number of ether oxygens (including phenoxy) is 1. The van der Waals surface area contributed by atoms with Crippen molar-refractivity contribution in [3.05, 3.63) is 29.8 Å². The van der Waals surface area contributed by atoms with E-state index in [0.717, 1.165) is 12.7 Å². The molecule has 0 aliphatic heterocycles. The summed E-state index contributed by atoms with van der Waals surface area (Å²) in [5.74, 6) is -3.67. The first kappa shape index (κ1) is 15.8. The van der Waals surface area contributed by atoms with Crippen molar-refractivity contribution in [1.82, 2.24) is 0 Å². The molecule has 0 fully saturated rings. The van der Waals surface area contributed by atoms with Crippen molar-refractivity contribution >= 4 is 5.69 Å². The Bertz CT molecular complexity index is 421. The maximum atomic E-state index is 13.9. The molecule has 108 valence electrons. The van der Waals surface area contributed by atoms with Crippen LogP contribution in [-0.4, -0.2) is 32.2 Å². The highest BCUT2D eigenvalue weighted by molar-refractivity contribution is 5.48. The van der Waals surface area contributed by atoms with Gasteiger partial charge in [0.2, 0.25) is 0 Å². The summed E-state index contributed by atoms with van der Waals surface area (Å²) in [6.45, 7) is 2.83. The number of anilines is 1. The summed E-state index contributed by atoms with van der Waals surface area (Å²) in [5, 5.41) is 0. The van der Waals surface area contributed by atoms with E-state index >= 15 is 0 Å². The van der Waals surface area contributed by atoms with E-state index in [1.54, 1.807) is 25.1 Å². The van der Waals surface area contributed by atoms with Crippen LogP contribution < -0.4 is 4.90 Å². The molecule has 1 unspecified atom stereocenters. The molecule has 1 aromatic rings. The molecule has 0 heterocycles. The lowest BCUT2D eigenvalue weighted by Gasteiger charge is -2.33. The van der Waals surface area contributed by atoms with Gasteiger partial charge >= 0.3 is 12.0 Å². The third-order valence-corrected chi connectivity index (χ3v) is 2.89. The van der Waals surface area contributed by atoms with Crippen LogP contribution in [0.1, 0.15) is 12.5 Å². The average Bonchev–Trinajstić information content (AvgIpc) is 2.34. The number of alkyl halides is 4. The Balaban J connectivity index is 2.99. The molecule has 0 spiro atoms. The van der Waals surface area contributed by atoms with Crippen LogP contribution in [0.2, 0.25) is 0 Å². The van der Waals surface area contributed by atoms with Crippen LogP contribution in [0.15, 0.2) is 24.3 Å². The molecule has 1 atom stereocenters. The molecule has 19 heavy (non-hydrogen) atoms. The zero-order chi connectivity index (χ0) is 14.7. The highest BCUT2D eigenvalue weighted by Crippen LogP contribution is 2.36. The number of rotatable bonds is 5. The van der Waals surface area contributed by atoms with Crippen LogP contribution in [0, 0.1) is 6.92 Å². The number of hydrogen-bond acceptors (Lipinski definition) is 2. The Kier molecular flexibility index (Phi) is 4.79. The number of benzene rings is 1. The first-order chi connectivity index (χ1) is 8.73. The van der Waals surface area contributed by atoms with E-state index in [-0.39, 0.29) is 6.54 Å². The van der Waals surface area contributed by atoms with Gasteiger partial charge in [0.05, 0.1) is 6.54 Å². The summed E-state index contributed by atoms with van der Waals surface area (Å²) in [5.41, 5.74) is 1.43. The predicted octanol–water partition coefficient (Wildman–Crippen LogP) is 3.70. The molecular weight excluding hydrogens is 262 g/mol. The Labute approximate surface area is 110 Å². The molecule has 0 aromatic heterocycles. The molecule has 1 rings (SSSR count). The maximum absolute atomic E-state index is 13.9. The fourth-order valence-electron chi connectivity index (χ4n) is 1.73.